The second-order valence-electron chi connectivity index (χ2n) is 4.42. The van der Waals surface area contributed by atoms with Gasteiger partial charge in [0.25, 0.3) is 0 Å². The fourth-order valence-electron chi connectivity index (χ4n) is 1.75. The van der Waals surface area contributed by atoms with E-state index in [2.05, 4.69) is 17.2 Å². The zero-order valence-corrected chi connectivity index (χ0v) is 11.4. The molecular weight excluding hydrogens is 247 g/mol. The first-order valence-corrected chi connectivity index (χ1v) is 6.84. The Morgan fingerprint density at radius 2 is 2.28 bits per heavy atom. The molecule has 0 amide bonds. The van der Waals surface area contributed by atoms with Gasteiger partial charge in [0.2, 0.25) is 0 Å². The van der Waals surface area contributed by atoms with Gasteiger partial charge in [0.1, 0.15) is 5.82 Å². The van der Waals surface area contributed by atoms with E-state index < -0.39 is 0 Å². The van der Waals surface area contributed by atoms with E-state index in [-0.39, 0.29) is 5.82 Å². The van der Waals surface area contributed by atoms with Crippen LogP contribution in [0.25, 0.3) is 0 Å². The molecule has 1 heterocycles. The molecule has 1 atom stereocenters. The van der Waals surface area contributed by atoms with Crippen LogP contribution in [0.15, 0.2) is 30.5 Å². The maximum Gasteiger partial charge on any atom is 0.123 e. The number of nitrogens with zero attached hydrogens (tertiary/aromatic N) is 1. The fourth-order valence-corrected chi connectivity index (χ4v) is 2.84. The topological polar surface area (TPSA) is 24.9 Å². The summed E-state index contributed by atoms with van der Waals surface area (Å²) in [6.07, 6.45) is 3.61. The lowest BCUT2D eigenvalue weighted by Gasteiger charge is -2.06. The standard InChI is InChI=1S/C14H17FN2S/c1-10(16-2)6-13-9-17-14(18-13)8-11-4-3-5-12(15)7-11/h3-5,7,9-10,16H,6,8H2,1-2H3. The van der Waals surface area contributed by atoms with Gasteiger partial charge in [-0.1, -0.05) is 12.1 Å². The molecule has 1 N–H and O–H groups in total. The van der Waals surface area contributed by atoms with Crippen LogP contribution >= 0.6 is 11.3 Å². The van der Waals surface area contributed by atoms with Gasteiger partial charge in [-0.3, -0.25) is 0 Å². The molecule has 0 radical (unpaired) electrons. The number of thiazole rings is 1. The van der Waals surface area contributed by atoms with Gasteiger partial charge in [-0.05, 0) is 38.1 Å². The number of hydrogen-bond donors (Lipinski definition) is 1. The highest BCUT2D eigenvalue weighted by Gasteiger charge is 2.06. The van der Waals surface area contributed by atoms with Gasteiger partial charge in [0, 0.05) is 23.5 Å². The maximum absolute atomic E-state index is 13.1. The third kappa shape index (κ3) is 3.62. The number of rotatable bonds is 5. The second-order valence-corrected chi connectivity index (χ2v) is 5.62. The second kappa shape index (κ2) is 6.07. The van der Waals surface area contributed by atoms with E-state index in [0.717, 1.165) is 17.0 Å². The summed E-state index contributed by atoms with van der Waals surface area (Å²) in [7, 11) is 1.96. The highest BCUT2D eigenvalue weighted by molar-refractivity contribution is 7.11. The predicted molar refractivity (Wildman–Crippen MR) is 73.5 cm³/mol. The number of hydrogen-bond acceptors (Lipinski definition) is 3. The van der Waals surface area contributed by atoms with Gasteiger partial charge >= 0.3 is 0 Å². The summed E-state index contributed by atoms with van der Waals surface area (Å²) in [5.74, 6) is -0.187. The Morgan fingerprint density at radius 3 is 3.00 bits per heavy atom. The van der Waals surface area contributed by atoms with Crippen molar-refractivity contribution in [3.8, 4) is 0 Å². The van der Waals surface area contributed by atoms with E-state index >= 15 is 0 Å². The largest absolute Gasteiger partial charge is 0.317 e. The lowest BCUT2D eigenvalue weighted by Crippen LogP contribution is -2.22. The van der Waals surface area contributed by atoms with Crippen LogP contribution in [-0.2, 0) is 12.8 Å². The molecule has 0 saturated carbocycles. The van der Waals surface area contributed by atoms with Crippen LogP contribution in [-0.4, -0.2) is 18.1 Å². The minimum atomic E-state index is -0.187. The molecule has 2 nitrogen and oxygen atoms in total. The Kier molecular flexibility index (Phi) is 4.44. The van der Waals surface area contributed by atoms with Crippen LogP contribution in [0.3, 0.4) is 0 Å². The van der Waals surface area contributed by atoms with E-state index in [1.165, 1.54) is 10.9 Å². The molecule has 1 unspecified atom stereocenters. The minimum Gasteiger partial charge on any atom is -0.317 e. The zero-order valence-electron chi connectivity index (χ0n) is 10.6. The van der Waals surface area contributed by atoms with Gasteiger partial charge < -0.3 is 5.32 Å². The summed E-state index contributed by atoms with van der Waals surface area (Å²) >= 11 is 1.70. The summed E-state index contributed by atoms with van der Waals surface area (Å²) in [4.78, 5) is 5.66. The number of benzene rings is 1. The first-order chi connectivity index (χ1) is 8.67. The SMILES string of the molecule is CNC(C)Cc1cnc(Cc2cccc(F)c2)s1. The Hall–Kier alpha value is -1.26. The molecule has 0 aliphatic heterocycles. The first kappa shape index (κ1) is 13.2. The summed E-state index contributed by atoms with van der Waals surface area (Å²) in [5, 5.41) is 4.25. The number of likely N-dealkylation sites (N-methyl/N-ethyl adjacent to an activating group) is 1. The molecule has 18 heavy (non-hydrogen) atoms. The van der Waals surface area contributed by atoms with Crippen LogP contribution in [0, 0.1) is 5.82 Å². The van der Waals surface area contributed by atoms with Gasteiger partial charge in [-0.15, -0.1) is 11.3 Å². The summed E-state index contributed by atoms with van der Waals surface area (Å²) in [6, 6.07) is 7.15. The van der Waals surface area contributed by atoms with Crippen LogP contribution in [0.4, 0.5) is 4.39 Å². The smallest absolute Gasteiger partial charge is 0.123 e. The molecule has 96 valence electrons. The summed E-state index contributed by atoms with van der Waals surface area (Å²) in [5.41, 5.74) is 0.970. The van der Waals surface area contributed by atoms with Crippen molar-refractivity contribution in [1.29, 1.82) is 0 Å². The molecule has 0 aliphatic rings. The molecule has 1 aromatic heterocycles. The zero-order chi connectivity index (χ0) is 13.0. The molecule has 1 aromatic carbocycles. The van der Waals surface area contributed by atoms with Crippen molar-refractivity contribution >= 4 is 11.3 Å². The highest BCUT2D eigenvalue weighted by atomic mass is 32.1. The van der Waals surface area contributed by atoms with E-state index in [1.54, 1.807) is 23.5 Å². The Bertz CT molecular complexity index is 510. The highest BCUT2D eigenvalue weighted by Crippen LogP contribution is 2.18. The van der Waals surface area contributed by atoms with Crippen molar-refractivity contribution in [2.45, 2.75) is 25.8 Å². The Morgan fingerprint density at radius 1 is 1.44 bits per heavy atom. The van der Waals surface area contributed by atoms with Crippen LogP contribution in [0.1, 0.15) is 22.4 Å². The van der Waals surface area contributed by atoms with Crippen molar-refractivity contribution in [3.05, 3.63) is 51.7 Å². The van der Waals surface area contributed by atoms with Crippen molar-refractivity contribution in [1.82, 2.24) is 10.3 Å². The maximum atomic E-state index is 13.1. The number of halogens is 1. The van der Waals surface area contributed by atoms with Crippen molar-refractivity contribution < 1.29 is 4.39 Å². The summed E-state index contributed by atoms with van der Waals surface area (Å²) in [6.45, 7) is 2.14. The minimum absolute atomic E-state index is 0.187. The van der Waals surface area contributed by atoms with E-state index in [9.17, 15) is 4.39 Å². The van der Waals surface area contributed by atoms with Crippen molar-refractivity contribution in [2.24, 2.45) is 0 Å². The predicted octanol–water partition coefficient (Wildman–Crippen LogP) is 3.02. The monoisotopic (exact) mass is 264 g/mol. The van der Waals surface area contributed by atoms with Gasteiger partial charge in [0.05, 0.1) is 5.01 Å². The third-order valence-electron chi connectivity index (χ3n) is 2.85. The van der Waals surface area contributed by atoms with Crippen LogP contribution in [0.5, 0.6) is 0 Å². The molecule has 0 spiro atoms. The molecule has 0 fully saturated rings. The van der Waals surface area contributed by atoms with Gasteiger partial charge in [0.15, 0.2) is 0 Å². The molecule has 0 saturated heterocycles. The lowest BCUT2D eigenvalue weighted by atomic mass is 10.1. The van der Waals surface area contributed by atoms with Crippen molar-refractivity contribution in [2.75, 3.05) is 7.05 Å². The molecule has 2 rings (SSSR count). The van der Waals surface area contributed by atoms with Gasteiger partial charge in [-0.25, -0.2) is 9.37 Å². The third-order valence-corrected chi connectivity index (χ3v) is 3.87. The molecule has 4 heteroatoms. The average molecular weight is 264 g/mol. The van der Waals surface area contributed by atoms with Crippen LogP contribution < -0.4 is 5.32 Å². The Labute approximate surface area is 111 Å². The number of aromatic nitrogens is 1. The average Bonchev–Trinajstić information content (AvgIpc) is 2.76. The first-order valence-electron chi connectivity index (χ1n) is 6.02. The fraction of sp³-hybridized carbons (Fsp3) is 0.357. The number of nitrogens with one attached hydrogen (secondary N) is 1. The molecular formula is C14H17FN2S. The van der Waals surface area contributed by atoms with E-state index in [4.69, 9.17) is 0 Å². The Balaban J connectivity index is 2.02. The van der Waals surface area contributed by atoms with E-state index in [1.807, 2.05) is 19.3 Å². The molecule has 0 bridgehead atoms. The van der Waals surface area contributed by atoms with E-state index in [0.29, 0.717) is 12.5 Å². The quantitative estimate of drug-likeness (QED) is 0.898. The molecule has 2 aromatic rings. The van der Waals surface area contributed by atoms with Gasteiger partial charge in [-0.2, -0.15) is 0 Å². The van der Waals surface area contributed by atoms with Crippen LogP contribution in [0.2, 0.25) is 0 Å². The van der Waals surface area contributed by atoms with Crippen molar-refractivity contribution in [3.63, 3.8) is 0 Å². The summed E-state index contributed by atoms with van der Waals surface area (Å²) < 4.78 is 13.1. The molecule has 0 aliphatic carbocycles. The lowest BCUT2D eigenvalue weighted by molar-refractivity contribution is 0.612. The normalized spacial score (nSPS) is 12.6.